The zero-order valence-electron chi connectivity index (χ0n) is 21.1. The molecule has 0 atom stereocenters. The van der Waals surface area contributed by atoms with Crippen LogP contribution in [0.3, 0.4) is 0 Å². The average molecular weight is 500 g/mol. The Morgan fingerprint density at radius 1 is 0.865 bits per heavy atom. The van der Waals surface area contributed by atoms with Crippen LogP contribution in [0.4, 0.5) is 21.9 Å². The van der Waals surface area contributed by atoms with Gasteiger partial charge in [-0.15, -0.1) is 0 Å². The minimum absolute atomic E-state index is 0.0991. The molecular weight excluding hydrogens is 466 g/mol. The third kappa shape index (κ3) is 6.14. The molecule has 0 unspecified atom stereocenters. The number of piperazine rings is 1. The predicted octanol–water partition coefficient (Wildman–Crippen LogP) is 4.24. The molecule has 5 rings (SSSR count). The van der Waals surface area contributed by atoms with Gasteiger partial charge in [-0.05, 0) is 48.7 Å². The molecule has 3 aromatic rings. The monoisotopic (exact) mass is 499 g/mol. The summed E-state index contributed by atoms with van der Waals surface area (Å²) in [6, 6.07) is 23.3. The average Bonchev–Trinajstić information content (AvgIpc) is 3.76. The molecule has 8 nitrogen and oxygen atoms in total. The molecule has 37 heavy (non-hydrogen) atoms. The molecule has 3 amide bonds. The van der Waals surface area contributed by atoms with Crippen molar-refractivity contribution < 1.29 is 14.3 Å². The van der Waals surface area contributed by atoms with Crippen LogP contribution in [-0.4, -0.2) is 51.3 Å². The van der Waals surface area contributed by atoms with E-state index in [1.54, 1.807) is 13.2 Å². The summed E-state index contributed by atoms with van der Waals surface area (Å²) in [4.78, 5) is 30.3. The van der Waals surface area contributed by atoms with E-state index >= 15 is 0 Å². The first-order valence-electron chi connectivity index (χ1n) is 12.8. The zero-order valence-corrected chi connectivity index (χ0v) is 21.1. The number of carbonyl (C=O) groups excluding carboxylic acids is 2. The highest BCUT2D eigenvalue weighted by Gasteiger charge is 2.27. The molecule has 1 heterocycles. The Morgan fingerprint density at radius 3 is 2.24 bits per heavy atom. The molecule has 192 valence electrons. The molecule has 1 aliphatic heterocycles. The lowest BCUT2D eigenvalue weighted by Gasteiger charge is -2.38. The number of methoxy groups -OCH3 is 1. The highest BCUT2D eigenvalue weighted by molar-refractivity contribution is 6.02. The summed E-state index contributed by atoms with van der Waals surface area (Å²) in [5.41, 5.74) is 4.15. The number of para-hydroxylation sites is 2. The van der Waals surface area contributed by atoms with Gasteiger partial charge in [-0.3, -0.25) is 4.79 Å². The van der Waals surface area contributed by atoms with Crippen molar-refractivity contribution in [3.63, 3.8) is 0 Å². The maximum absolute atomic E-state index is 13.2. The van der Waals surface area contributed by atoms with Gasteiger partial charge in [-0.1, -0.05) is 42.5 Å². The Bertz CT molecular complexity index is 1240. The number of amides is 3. The van der Waals surface area contributed by atoms with Crippen LogP contribution < -0.4 is 30.5 Å². The maximum Gasteiger partial charge on any atom is 0.319 e. The van der Waals surface area contributed by atoms with E-state index in [4.69, 9.17) is 4.74 Å². The van der Waals surface area contributed by atoms with Crippen molar-refractivity contribution in [1.82, 2.24) is 10.6 Å². The topological polar surface area (TPSA) is 85.9 Å². The standard InChI is InChI=1S/C29H33N5O3/c1-37-27-10-6-5-9-26(27)34-17-15-33(16-18-34)25-14-13-23(19-24(25)28(35)31-22-11-12-22)32-29(36)30-20-21-7-3-2-4-8-21/h2-10,13-14,19,22H,11-12,15-18,20H2,1H3,(H,31,35)(H2,30,32,36). The van der Waals surface area contributed by atoms with E-state index in [1.165, 1.54) is 0 Å². The largest absolute Gasteiger partial charge is 0.495 e. The summed E-state index contributed by atoms with van der Waals surface area (Å²) < 4.78 is 5.54. The fraction of sp³-hybridized carbons (Fsp3) is 0.310. The Kier molecular flexibility index (Phi) is 7.44. The minimum Gasteiger partial charge on any atom is -0.495 e. The lowest BCUT2D eigenvalue weighted by molar-refractivity contribution is 0.0951. The van der Waals surface area contributed by atoms with Crippen LogP contribution in [-0.2, 0) is 6.54 Å². The normalized spacial score (nSPS) is 15.2. The molecule has 1 aliphatic carbocycles. The number of rotatable bonds is 8. The number of nitrogens with one attached hydrogen (secondary N) is 3. The predicted molar refractivity (Wildman–Crippen MR) is 147 cm³/mol. The Balaban J connectivity index is 1.28. The van der Waals surface area contributed by atoms with Crippen molar-refractivity contribution in [2.75, 3.05) is 48.4 Å². The van der Waals surface area contributed by atoms with Gasteiger partial charge >= 0.3 is 6.03 Å². The number of hydrogen-bond acceptors (Lipinski definition) is 5. The maximum atomic E-state index is 13.2. The molecule has 1 saturated carbocycles. The smallest absolute Gasteiger partial charge is 0.319 e. The third-order valence-electron chi connectivity index (χ3n) is 6.75. The van der Waals surface area contributed by atoms with Gasteiger partial charge in [0.05, 0.1) is 18.4 Å². The fourth-order valence-corrected chi connectivity index (χ4v) is 4.60. The summed E-state index contributed by atoms with van der Waals surface area (Å²) in [5.74, 6) is 0.763. The zero-order chi connectivity index (χ0) is 25.6. The van der Waals surface area contributed by atoms with E-state index in [1.807, 2.05) is 60.7 Å². The second-order valence-electron chi connectivity index (χ2n) is 9.42. The first-order valence-corrected chi connectivity index (χ1v) is 12.8. The van der Waals surface area contributed by atoms with E-state index in [0.29, 0.717) is 17.8 Å². The van der Waals surface area contributed by atoms with Gasteiger partial charge in [0.2, 0.25) is 0 Å². The molecule has 0 spiro atoms. The number of hydrogen-bond donors (Lipinski definition) is 3. The van der Waals surface area contributed by atoms with E-state index in [2.05, 4.69) is 31.8 Å². The lowest BCUT2D eigenvalue weighted by atomic mass is 10.1. The van der Waals surface area contributed by atoms with Gasteiger partial charge in [-0.2, -0.15) is 0 Å². The summed E-state index contributed by atoms with van der Waals surface area (Å²) in [7, 11) is 1.69. The fourth-order valence-electron chi connectivity index (χ4n) is 4.60. The van der Waals surface area contributed by atoms with Crippen molar-refractivity contribution >= 4 is 29.0 Å². The third-order valence-corrected chi connectivity index (χ3v) is 6.75. The van der Waals surface area contributed by atoms with E-state index < -0.39 is 0 Å². The van der Waals surface area contributed by atoms with Crippen molar-refractivity contribution in [3.05, 3.63) is 83.9 Å². The van der Waals surface area contributed by atoms with Crippen molar-refractivity contribution in [2.24, 2.45) is 0 Å². The van der Waals surface area contributed by atoms with Crippen LogP contribution in [0.5, 0.6) is 5.75 Å². The molecule has 2 aliphatic rings. The molecule has 1 saturated heterocycles. The van der Waals surface area contributed by atoms with Crippen LogP contribution in [0.25, 0.3) is 0 Å². The van der Waals surface area contributed by atoms with Gasteiger partial charge in [-0.25, -0.2) is 4.79 Å². The van der Waals surface area contributed by atoms with E-state index in [9.17, 15) is 9.59 Å². The molecule has 2 fully saturated rings. The second-order valence-corrected chi connectivity index (χ2v) is 9.42. The molecule has 0 radical (unpaired) electrons. The van der Waals surface area contributed by atoms with E-state index in [0.717, 1.165) is 61.7 Å². The second kappa shape index (κ2) is 11.2. The molecule has 0 bridgehead atoms. The number of carbonyl (C=O) groups is 2. The number of benzene rings is 3. The SMILES string of the molecule is COc1ccccc1N1CCN(c2ccc(NC(=O)NCc3ccccc3)cc2C(=O)NC2CC2)CC1. The van der Waals surface area contributed by atoms with Crippen LogP contribution in [0.1, 0.15) is 28.8 Å². The van der Waals surface area contributed by atoms with Crippen LogP contribution in [0.15, 0.2) is 72.8 Å². The van der Waals surface area contributed by atoms with Gasteiger partial charge in [0, 0.05) is 50.1 Å². The molecule has 3 N–H and O–H groups in total. The van der Waals surface area contributed by atoms with Gasteiger partial charge in [0.15, 0.2) is 0 Å². The highest BCUT2D eigenvalue weighted by atomic mass is 16.5. The minimum atomic E-state index is -0.310. The number of anilines is 3. The Labute approximate surface area is 217 Å². The molecule has 8 heteroatoms. The number of urea groups is 1. The first kappa shape index (κ1) is 24.5. The van der Waals surface area contributed by atoms with Crippen molar-refractivity contribution in [2.45, 2.75) is 25.4 Å². The van der Waals surface area contributed by atoms with Gasteiger partial charge in [0.1, 0.15) is 5.75 Å². The summed E-state index contributed by atoms with van der Waals surface area (Å²) >= 11 is 0. The lowest BCUT2D eigenvalue weighted by Crippen LogP contribution is -2.47. The number of nitrogens with zero attached hydrogens (tertiary/aromatic N) is 2. The highest BCUT2D eigenvalue weighted by Crippen LogP contribution is 2.31. The Hall–Kier alpha value is -4.20. The van der Waals surface area contributed by atoms with Crippen molar-refractivity contribution in [1.29, 1.82) is 0 Å². The van der Waals surface area contributed by atoms with Gasteiger partial charge in [0.25, 0.3) is 5.91 Å². The number of ether oxygens (including phenoxy) is 1. The molecule has 0 aromatic heterocycles. The summed E-state index contributed by atoms with van der Waals surface area (Å²) in [6.07, 6.45) is 2.02. The summed E-state index contributed by atoms with van der Waals surface area (Å²) in [6.45, 7) is 3.59. The van der Waals surface area contributed by atoms with Crippen LogP contribution in [0.2, 0.25) is 0 Å². The van der Waals surface area contributed by atoms with Crippen molar-refractivity contribution in [3.8, 4) is 5.75 Å². The first-order chi connectivity index (χ1) is 18.1. The van der Waals surface area contributed by atoms with Crippen LogP contribution >= 0.6 is 0 Å². The Morgan fingerprint density at radius 2 is 1.54 bits per heavy atom. The van der Waals surface area contributed by atoms with Gasteiger partial charge < -0.3 is 30.5 Å². The quantitative estimate of drug-likeness (QED) is 0.432. The molecular formula is C29H33N5O3. The summed E-state index contributed by atoms with van der Waals surface area (Å²) in [5, 5.41) is 8.85. The van der Waals surface area contributed by atoms with Crippen LogP contribution in [0, 0.1) is 0 Å². The van der Waals surface area contributed by atoms with E-state index in [-0.39, 0.29) is 18.0 Å². The molecule has 3 aromatic carbocycles.